The second-order valence-electron chi connectivity index (χ2n) is 3.58. The molecule has 92 valence electrons. The molecule has 2 aromatic rings. The van der Waals surface area contributed by atoms with Crippen molar-refractivity contribution in [3.8, 4) is 0 Å². The van der Waals surface area contributed by atoms with Gasteiger partial charge in [-0.25, -0.2) is 9.97 Å². The van der Waals surface area contributed by atoms with Crippen LogP contribution in [-0.2, 0) is 0 Å². The predicted molar refractivity (Wildman–Crippen MR) is 78.1 cm³/mol. The third-order valence-corrected chi connectivity index (χ3v) is 2.68. The lowest BCUT2D eigenvalue weighted by Crippen LogP contribution is -2.20. The number of rotatable bonds is 2. The largest absolute Gasteiger partial charge is 0.331 e. The van der Waals surface area contributed by atoms with Crippen LogP contribution in [0.15, 0.2) is 36.5 Å². The van der Waals surface area contributed by atoms with Crippen LogP contribution in [0, 0.1) is 6.92 Å². The smallest absolute Gasteiger partial charge is 0.229 e. The fourth-order valence-corrected chi connectivity index (χ4v) is 1.71. The van der Waals surface area contributed by atoms with E-state index in [9.17, 15) is 0 Å². The summed E-state index contributed by atoms with van der Waals surface area (Å²) in [5.74, 6) is 0.458. The van der Waals surface area contributed by atoms with E-state index < -0.39 is 0 Å². The molecule has 1 heterocycles. The highest BCUT2D eigenvalue weighted by molar-refractivity contribution is 7.80. The van der Waals surface area contributed by atoms with E-state index >= 15 is 0 Å². The van der Waals surface area contributed by atoms with Gasteiger partial charge in [0.15, 0.2) is 5.11 Å². The number of nitrogens with one attached hydrogen (secondary N) is 2. The Morgan fingerprint density at radius 2 is 2.00 bits per heavy atom. The molecule has 2 N–H and O–H groups in total. The molecule has 0 aliphatic heterocycles. The summed E-state index contributed by atoms with van der Waals surface area (Å²) in [6, 6.07) is 9.17. The fraction of sp³-hybridized carbons (Fsp3) is 0.0833. The van der Waals surface area contributed by atoms with Crippen LogP contribution in [0.1, 0.15) is 5.69 Å². The molecular weight excluding hydrogens is 268 g/mol. The Bertz CT molecular complexity index is 574. The van der Waals surface area contributed by atoms with Gasteiger partial charge in [-0.3, -0.25) is 0 Å². The van der Waals surface area contributed by atoms with Crippen molar-refractivity contribution in [1.29, 1.82) is 0 Å². The van der Waals surface area contributed by atoms with Crippen molar-refractivity contribution >= 4 is 40.6 Å². The number of aryl methyl sites for hydroxylation is 1. The lowest BCUT2D eigenvalue weighted by molar-refractivity contribution is 1.11. The zero-order valence-electron chi connectivity index (χ0n) is 9.64. The van der Waals surface area contributed by atoms with Gasteiger partial charge in [-0.05, 0) is 37.3 Å². The minimum Gasteiger partial charge on any atom is -0.331 e. The summed E-state index contributed by atoms with van der Waals surface area (Å²) in [6.45, 7) is 1.89. The second kappa shape index (κ2) is 5.75. The van der Waals surface area contributed by atoms with Gasteiger partial charge in [0, 0.05) is 11.9 Å². The Morgan fingerprint density at radius 1 is 1.22 bits per heavy atom. The first-order valence-electron chi connectivity index (χ1n) is 5.27. The molecular formula is C12H11ClN4S. The maximum absolute atomic E-state index is 6.02. The van der Waals surface area contributed by atoms with Gasteiger partial charge in [-0.15, -0.1) is 0 Å². The molecule has 0 bridgehead atoms. The van der Waals surface area contributed by atoms with Gasteiger partial charge < -0.3 is 10.6 Å². The highest BCUT2D eigenvalue weighted by Crippen LogP contribution is 2.20. The van der Waals surface area contributed by atoms with E-state index in [0.717, 1.165) is 11.4 Å². The average Bonchev–Trinajstić information content (AvgIpc) is 2.32. The maximum atomic E-state index is 6.02. The average molecular weight is 279 g/mol. The minimum atomic E-state index is 0.397. The van der Waals surface area contributed by atoms with Gasteiger partial charge in [0.2, 0.25) is 5.95 Å². The molecule has 0 aliphatic rings. The summed E-state index contributed by atoms with van der Waals surface area (Å²) in [7, 11) is 0. The van der Waals surface area contributed by atoms with Crippen molar-refractivity contribution in [2.75, 3.05) is 10.6 Å². The van der Waals surface area contributed by atoms with Crippen LogP contribution < -0.4 is 10.6 Å². The van der Waals surface area contributed by atoms with Gasteiger partial charge in [0.05, 0.1) is 10.7 Å². The van der Waals surface area contributed by atoms with Crippen molar-refractivity contribution < 1.29 is 0 Å². The maximum Gasteiger partial charge on any atom is 0.229 e. The number of hydrogen-bond acceptors (Lipinski definition) is 3. The number of nitrogens with zero attached hydrogens (tertiary/aromatic N) is 2. The molecule has 0 spiro atoms. The summed E-state index contributed by atoms with van der Waals surface area (Å²) >= 11 is 11.2. The first-order chi connectivity index (χ1) is 8.65. The van der Waals surface area contributed by atoms with Crippen molar-refractivity contribution in [3.63, 3.8) is 0 Å². The van der Waals surface area contributed by atoms with E-state index in [0.29, 0.717) is 16.1 Å². The molecule has 0 saturated heterocycles. The molecule has 4 nitrogen and oxygen atoms in total. The zero-order chi connectivity index (χ0) is 13.0. The molecule has 6 heteroatoms. The zero-order valence-corrected chi connectivity index (χ0v) is 11.2. The molecule has 1 aromatic carbocycles. The number of thiocarbonyl (C=S) groups is 1. The van der Waals surface area contributed by atoms with Gasteiger partial charge in [0.1, 0.15) is 0 Å². The van der Waals surface area contributed by atoms with Crippen molar-refractivity contribution in [2.45, 2.75) is 6.92 Å². The van der Waals surface area contributed by atoms with E-state index in [2.05, 4.69) is 20.6 Å². The SMILES string of the molecule is Cc1ccnc(NC(=S)Nc2ccccc2Cl)n1. The van der Waals surface area contributed by atoms with Gasteiger partial charge >= 0.3 is 0 Å². The van der Waals surface area contributed by atoms with Crippen molar-refractivity contribution in [1.82, 2.24) is 9.97 Å². The Hall–Kier alpha value is -1.72. The summed E-state index contributed by atoms with van der Waals surface area (Å²) in [4.78, 5) is 8.26. The number of benzene rings is 1. The highest BCUT2D eigenvalue weighted by atomic mass is 35.5. The highest BCUT2D eigenvalue weighted by Gasteiger charge is 2.03. The molecule has 2 rings (SSSR count). The van der Waals surface area contributed by atoms with E-state index in [1.807, 2.05) is 31.2 Å². The first kappa shape index (κ1) is 12.7. The van der Waals surface area contributed by atoms with Gasteiger partial charge in [-0.1, -0.05) is 23.7 Å². The van der Waals surface area contributed by atoms with E-state index in [4.69, 9.17) is 23.8 Å². The van der Waals surface area contributed by atoms with Crippen LogP contribution in [0.25, 0.3) is 0 Å². The molecule has 0 unspecified atom stereocenters. The summed E-state index contributed by atoms with van der Waals surface area (Å²) in [5, 5.41) is 6.88. The predicted octanol–water partition coefficient (Wildman–Crippen LogP) is 3.25. The molecule has 0 aliphatic carbocycles. The Labute approximate surface area is 115 Å². The topological polar surface area (TPSA) is 49.8 Å². The number of aromatic nitrogens is 2. The Kier molecular flexibility index (Phi) is 4.07. The standard InChI is InChI=1S/C12H11ClN4S/c1-8-6-7-14-11(15-8)17-12(18)16-10-5-3-2-4-9(10)13/h2-7H,1H3,(H2,14,15,16,17,18). The number of hydrogen-bond donors (Lipinski definition) is 2. The second-order valence-corrected chi connectivity index (χ2v) is 4.40. The van der Waals surface area contributed by atoms with Crippen LogP contribution in [0.5, 0.6) is 0 Å². The molecule has 0 fully saturated rings. The first-order valence-corrected chi connectivity index (χ1v) is 6.06. The van der Waals surface area contributed by atoms with Crippen molar-refractivity contribution in [2.24, 2.45) is 0 Å². The minimum absolute atomic E-state index is 0.397. The third kappa shape index (κ3) is 3.38. The fourth-order valence-electron chi connectivity index (χ4n) is 1.33. The number of anilines is 2. The normalized spacial score (nSPS) is 9.89. The molecule has 0 amide bonds. The van der Waals surface area contributed by atoms with Crippen LogP contribution in [0.3, 0.4) is 0 Å². The summed E-state index contributed by atoms with van der Waals surface area (Å²) < 4.78 is 0. The lowest BCUT2D eigenvalue weighted by atomic mass is 10.3. The summed E-state index contributed by atoms with van der Waals surface area (Å²) in [5.41, 5.74) is 1.61. The molecule has 0 atom stereocenters. The van der Waals surface area contributed by atoms with Crippen LogP contribution in [0.4, 0.5) is 11.6 Å². The Morgan fingerprint density at radius 3 is 2.72 bits per heavy atom. The quantitative estimate of drug-likeness (QED) is 0.826. The summed E-state index contributed by atoms with van der Waals surface area (Å²) in [6.07, 6.45) is 1.67. The molecule has 0 radical (unpaired) electrons. The monoisotopic (exact) mass is 278 g/mol. The number of halogens is 1. The lowest BCUT2D eigenvalue weighted by Gasteiger charge is -2.10. The van der Waals surface area contributed by atoms with Crippen LogP contribution >= 0.6 is 23.8 Å². The third-order valence-electron chi connectivity index (χ3n) is 2.14. The van der Waals surface area contributed by atoms with Gasteiger partial charge in [0.25, 0.3) is 0 Å². The molecule has 0 saturated carbocycles. The van der Waals surface area contributed by atoms with E-state index in [1.165, 1.54) is 0 Å². The Balaban J connectivity index is 2.03. The van der Waals surface area contributed by atoms with E-state index in [1.54, 1.807) is 12.3 Å². The van der Waals surface area contributed by atoms with E-state index in [-0.39, 0.29) is 0 Å². The molecule has 18 heavy (non-hydrogen) atoms. The van der Waals surface area contributed by atoms with Crippen molar-refractivity contribution in [3.05, 3.63) is 47.2 Å². The number of para-hydroxylation sites is 1. The molecule has 1 aromatic heterocycles. The van der Waals surface area contributed by atoms with Gasteiger partial charge in [-0.2, -0.15) is 0 Å². The van der Waals surface area contributed by atoms with Crippen LogP contribution in [-0.4, -0.2) is 15.1 Å². The van der Waals surface area contributed by atoms with Crippen LogP contribution in [0.2, 0.25) is 5.02 Å².